The van der Waals surface area contributed by atoms with Crippen molar-refractivity contribution in [2.45, 2.75) is 38.6 Å². The largest absolute Gasteiger partial charge is 0.317 e. The van der Waals surface area contributed by atoms with Crippen molar-refractivity contribution in [2.75, 3.05) is 7.05 Å². The average Bonchev–Trinajstić information content (AvgIpc) is 2.26. The van der Waals surface area contributed by atoms with Gasteiger partial charge in [0, 0.05) is 6.04 Å². The second-order valence-corrected chi connectivity index (χ2v) is 3.77. The molecule has 1 aromatic rings. The van der Waals surface area contributed by atoms with E-state index in [1.807, 2.05) is 0 Å². The van der Waals surface area contributed by atoms with Crippen LogP contribution in [0.2, 0.25) is 0 Å². The molecule has 0 saturated heterocycles. The number of hydrogen-bond acceptors (Lipinski definition) is 1. The minimum Gasteiger partial charge on any atom is -0.317 e. The Morgan fingerprint density at radius 1 is 1.21 bits per heavy atom. The van der Waals surface area contributed by atoms with Crippen molar-refractivity contribution < 1.29 is 0 Å². The summed E-state index contributed by atoms with van der Waals surface area (Å²) in [6, 6.07) is 11.4. The van der Waals surface area contributed by atoms with Crippen LogP contribution >= 0.6 is 0 Å². The fourth-order valence-electron chi connectivity index (χ4n) is 1.75. The summed E-state index contributed by atoms with van der Waals surface area (Å²) in [6.45, 7) is 2.24. The second kappa shape index (κ2) is 6.61. The SMILES string of the molecule is CCC(CCCc1ccccc1)NC. The third-order valence-corrected chi connectivity index (χ3v) is 2.76. The lowest BCUT2D eigenvalue weighted by Gasteiger charge is -2.12. The quantitative estimate of drug-likeness (QED) is 0.729. The van der Waals surface area contributed by atoms with E-state index in [0.717, 1.165) is 0 Å². The van der Waals surface area contributed by atoms with Gasteiger partial charge in [-0.1, -0.05) is 37.3 Å². The van der Waals surface area contributed by atoms with Gasteiger partial charge in [-0.3, -0.25) is 0 Å². The molecule has 0 heterocycles. The molecule has 1 aromatic carbocycles. The Kier molecular flexibility index (Phi) is 5.31. The van der Waals surface area contributed by atoms with E-state index in [9.17, 15) is 0 Å². The molecule has 14 heavy (non-hydrogen) atoms. The lowest BCUT2D eigenvalue weighted by Crippen LogP contribution is -2.23. The lowest BCUT2D eigenvalue weighted by atomic mass is 10.0. The van der Waals surface area contributed by atoms with Crippen molar-refractivity contribution in [3.8, 4) is 0 Å². The summed E-state index contributed by atoms with van der Waals surface area (Å²) in [5.74, 6) is 0. The third kappa shape index (κ3) is 3.93. The van der Waals surface area contributed by atoms with Crippen LogP contribution in [0.15, 0.2) is 30.3 Å². The van der Waals surface area contributed by atoms with Crippen LogP contribution in [0.3, 0.4) is 0 Å². The highest BCUT2D eigenvalue weighted by Gasteiger charge is 2.01. The van der Waals surface area contributed by atoms with Gasteiger partial charge in [0.1, 0.15) is 0 Å². The summed E-state index contributed by atoms with van der Waals surface area (Å²) >= 11 is 0. The lowest BCUT2D eigenvalue weighted by molar-refractivity contribution is 0.492. The highest BCUT2D eigenvalue weighted by atomic mass is 14.9. The number of aryl methyl sites for hydroxylation is 1. The molecule has 0 amide bonds. The number of benzene rings is 1. The topological polar surface area (TPSA) is 12.0 Å². The van der Waals surface area contributed by atoms with Gasteiger partial charge in [-0.05, 0) is 38.3 Å². The Morgan fingerprint density at radius 3 is 2.50 bits per heavy atom. The fraction of sp³-hybridized carbons (Fsp3) is 0.538. The number of nitrogens with one attached hydrogen (secondary N) is 1. The van der Waals surface area contributed by atoms with E-state index in [1.54, 1.807) is 0 Å². The maximum absolute atomic E-state index is 3.34. The molecule has 1 atom stereocenters. The molecule has 0 radical (unpaired) electrons. The van der Waals surface area contributed by atoms with Crippen molar-refractivity contribution in [2.24, 2.45) is 0 Å². The Morgan fingerprint density at radius 2 is 1.93 bits per heavy atom. The zero-order valence-electron chi connectivity index (χ0n) is 9.29. The van der Waals surface area contributed by atoms with E-state index in [4.69, 9.17) is 0 Å². The maximum atomic E-state index is 3.34. The van der Waals surface area contributed by atoms with Crippen LogP contribution in [0.5, 0.6) is 0 Å². The number of rotatable bonds is 6. The Labute approximate surface area is 87.5 Å². The minimum absolute atomic E-state index is 0.693. The molecule has 1 rings (SSSR count). The van der Waals surface area contributed by atoms with Crippen molar-refractivity contribution in [1.29, 1.82) is 0 Å². The summed E-state index contributed by atoms with van der Waals surface area (Å²) < 4.78 is 0. The zero-order chi connectivity index (χ0) is 10.2. The first kappa shape index (κ1) is 11.3. The van der Waals surface area contributed by atoms with Crippen molar-refractivity contribution in [3.63, 3.8) is 0 Å². The van der Waals surface area contributed by atoms with E-state index in [2.05, 4.69) is 49.6 Å². The molecule has 0 aliphatic rings. The summed E-state index contributed by atoms with van der Waals surface area (Å²) in [4.78, 5) is 0. The standard InChI is InChI=1S/C13H21N/c1-3-13(14-2)11-7-10-12-8-5-4-6-9-12/h4-6,8-9,13-14H,3,7,10-11H2,1-2H3. The van der Waals surface area contributed by atoms with Gasteiger partial charge in [0.15, 0.2) is 0 Å². The monoisotopic (exact) mass is 191 g/mol. The molecule has 0 saturated carbocycles. The Hall–Kier alpha value is -0.820. The molecule has 0 fully saturated rings. The van der Waals surface area contributed by atoms with Gasteiger partial charge < -0.3 is 5.32 Å². The van der Waals surface area contributed by atoms with Gasteiger partial charge in [0.05, 0.1) is 0 Å². The smallest absolute Gasteiger partial charge is 0.00615 e. The van der Waals surface area contributed by atoms with Crippen LogP contribution in [0.25, 0.3) is 0 Å². The molecular formula is C13H21N. The summed E-state index contributed by atoms with van der Waals surface area (Å²) in [5.41, 5.74) is 1.46. The van der Waals surface area contributed by atoms with E-state index in [0.29, 0.717) is 6.04 Å². The molecule has 1 N–H and O–H groups in total. The van der Waals surface area contributed by atoms with Crippen LogP contribution < -0.4 is 5.32 Å². The predicted molar refractivity (Wildman–Crippen MR) is 62.5 cm³/mol. The first-order valence-electron chi connectivity index (χ1n) is 5.58. The highest BCUT2D eigenvalue weighted by Crippen LogP contribution is 2.07. The Balaban J connectivity index is 2.21. The summed E-state index contributed by atoms with van der Waals surface area (Å²) in [5, 5.41) is 3.34. The van der Waals surface area contributed by atoms with E-state index < -0.39 is 0 Å². The average molecular weight is 191 g/mol. The molecule has 0 aromatic heterocycles. The van der Waals surface area contributed by atoms with Gasteiger partial charge in [0.25, 0.3) is 0 Å². The van der Waals surface area contributed by atoms with E-state index in [-0.39, 0.29) is 0 Å². The van der Waals surface area contributed by atoms with E-state index >= 15 is 0 Å². The normalized spacial score (nSPS) is 12.7. The maximum Gasteiger partial charge on any atom is 0.00615 e. The van der Waals surface area contributed by atoms with Crippen LogP contribution in [0, 0.1) is 0 Å². The molecule has 0 aliphatic heterocycles. The van der Waals surface area contributed by atoms with Gasteiger partial charge in [-0.25, -0.2) is 0 Å². The molecule has 0 bridgehead atoms. The molecule has 0 spiro atoms. The molecule has 0 aliphatic carbocycles. The van der Waals surface area contributed by atoms with Crippen molar-refractivity contribution in [1.82, 2.24) is 5.32 Å². The third-order valence-electron chi connectivity index (χ3n) is 2.76. The summed E-state index contributed by atoms with van der Waals surface area (Å²) in [6.07, 6.45) is 5.00. The molecule has 1 heteroatoms. The fourth-order valence-corrected chi connectivity index (χ4v) is 1.75. The van der Waals surface area contributed by atoms with Gasteiger partial charge in [-0.15, -0.1) is 0 Å². The highest BCUT2D eigenvalue weighted by molar-refractivity contribution is 5.14. The Bertz CT molecular complexity index is 226. The van der Waals surface area contributed by atoms with Crippen LogP contribution in [0.4, 0.5) is 0 Å². The van der Waals surface area contributed by atoms with Crippen LogP contribution in [-0.4, -0.2) is 13.1 Å². The minimum atomic E-state index is 0.693. The summed E-state index contributed by atoms with van der Waals surface area (Å²) in [7, 11) is 2.05. The molecule has 1 unspecified atom stereocenters. The van der Waals surface area contributed by atoms with Crippen molar-refractivity contribution >= 4 is 0 Å². The second-order valence-electron chi connectivity index (χ2n) is 3.77. The molecule has 78 valence electrons. The van der Waals surface area contributed by atoms with E-state index in [1.165, 1.54) is 31.2 Å². The van der Waals surface area contributed by atoms with Gasteiger partial charge in [0.2, 0.25) is 0 Å². The predicted octanol–water partition coefficient (Wildman–Crippen LogP) is 3.01. The van der Waals surface area contributed by atoms with Gasteiger partial charge >= 0.3 is 0 Å². The first-order valence-corrected chi connectivity index (χ1v) is 5.58. The van der Waals surface area contributed by atoms with Crippen LogP contribution in [-0.2, 0) is 6.42 Å². The van der Waals surface area contributed by atoms with Crippen LogP contribution in [0.1, 0.15) is 31.7 Å². The first-order chi connectivity index (χ1) is 6.86. The zero-order valence-corrected chi connectivity index (χ0v) is 9.29. The molecule has 1 nitrogen and oxygen atoms in total. The number of hydrogen-bond donors (Lipinski definition) is 1. The van der Waals surface area contributed by atoms with Crippen molar-refractivity contribution in [3.05, 3.63) is 35.9 Å². The molecular weight excluding hydrogens is 170 g/mol. The van der Waals surface area contributed by atoms with Gasteiger partial charge in [-0.2, -0.15) is 0 Å².